The minimum absolute atomic E-state index is 0.351. The Balaban J connectivity index is 1.30. The van der Waals surface area contributed by atoms with Gasteiger partial charge in [-0.2, -0.15) is 0 Å². The second kappa shape index (κ2) is 13.5. The zero-order valence-corrected chi connectivity index (χ0v) is 30.1. The molecule has 6 heteroatoms. The number of hydrogen-bond donors (Lipinski definition) is 0. The van der Waals surface area contributed by atoms with E-state index in [1.807, 2.05) is 30.3 Å². The van der Waals surface area contributed by atoms with Gasteiger partial charge in [0.15, 0.2) is 0 Å². The first-order chi connectivity index (χ1) is 25.5. The molecule has 0 fully saturated rings. The maximum Gasteiger partial charge on any atom is 0.388 e. The molecule has 1 aliphatic heterocycles. The van der Waals surface area contributed by atoms with E-state index in [2.05, 4.69) is 135 Å². The number of nitrogens with zero attached hydrogens (tertiary/aromatic N) is 1. The predicted octanol–water partition coefficient (Wildman–Crippen LogP) is 11.7. The summed E-state index contributed by atoms with van der Waals surface area (Å²) >= 11 is 0. The van der Waals surface area contributed by atoms with Crippen LogP contribution >= 0.6 is 8.24 Å². The molecule has 8 aromatic rings. The fourth-order valence-electron chi connectivity index (χ4n) is 7.44. The molecule has 52 heavy (non-hydrogen) atoms. The van der Waals surface area contributed by atoms with Gasteiger partial charge in [-0.15, -0.1) is 0 Å². The lowest BCUT2D eigenvalue weighted by Crippen LogP contribution is -2.51. The van der Waals surface area contributed by atoms with Crippen LogP contribution < -0.4 is 4.52 Å². The first-order valence-electron chi connectivity index (χ1n) is 17.8. The standard InChI is InChI=1S/C46H38NO4P/c1-31-16-20-33(21-17-31)28-46(29-34-22-18-32(2)19-23-34,42-30-48-45(47-42)37-12-4-3-5-13-37)51-52-49-40-26-24-35-10-6-8-14-38(35)43(40)44-39-15-9-7-11-36(39)25-27-41(44)50-52/h3-27,42H,28-30H2,1-2H3/t42-/m0/s1. The molecule has 0 unspecified atom stereocenters. The number of ether oxygens (including phenoxy) is 1. The van der Waals surface area contributed by atoms with Crippen molar-refractivity contribution < 1.29 is 17.7 Å². The summed E-state index contributed by atoms with van der Waals surface area (Å²) in [4.78, 5) is 5.29. The molecular weight excluding hydrogens is 661 g/mol. The molecule has 1 atom stereocenters. The van der Waals surface area contributed by atoms with Crippen LogP contribution in [0.3, 0.4) is 0 Å². The maximum atomic E-state index is 7.47. The summed E-state index contributed by atoms with van der Waals surface area (Å²) in [5, 5.41) is 6.49. The van der Waals surface area contributed by atoms with Crippen LogP contribution in [0.15, 0.2) is 165 Å². The summed E-state index contributed by atoms with van der Waals surface area (Å²) in [6.07, 6.45) is 1.14. The molecule has 0 bridgehead atoms. The number of aryl methyl sites for hydroxylation is 2. The molecule has 7 aromatic carbocycles. The third-order valence-corrected chi connectivity index (χ3v) is 11.4. The van der Waals surface area contributed by atoms with Crippen molar-refractivity contribution in [2.24, 2.45) is 4.99 Å². The normalized spacial score (nSPS) is 14.6. The number of fused-ring (bicyclic) bond motifs is 7. The average Bonchev–Trinajstić information content (AvgIpc) is 3.62. The maximum absolute atomic E-state index is 7.47. The molecule has 2 heterocycles. The van der Waals surface area contributed by atoms with Crippen LogP contribution in [0, 0.1) is 13.8 Å². The monoisotopic (exact) mass is 699 g/mol. The van der Waals surface area contributed by atoms with E-state index in [-0.39, 0.29) is 6.04 Å². The third-order valence-electron chi connectivity index (χ3n) is 10.2. The number of hydrogen-bond acceptors (Lipinski definition) is 5. The summed E-state index contributed by atoms with van der Waals surface area (Å²) in [7, 11) is -1.98. The molecule has 0 aliphatic carbocycles. The van der Waals surface area contributed by atoms with Gasteiger partial charge < -0.3 is 13.1 Å². The Kier molecular flexibility index (Phi) is 8.39. The molecule has 0 N–H and O–H groups in total. The molecule has 0 amide bonds. The van der Waals surface area contributed by atoms with Gasteiger partial charge in [-0.1, -0.05) is 139 Å². The van der Waals surface area contributed by atoms with Crippen molar-refractivity contribution in [1.82, 2.24) is 0 Å². The van der Waals surface area contributed by atoms with E-state index in [0.29, 0.717) is 25.3 Å². The van der Waals surface area contributed by atoms with Crippen molar-refractivity contribution in [3.63, 3.8) is 0 Å². The lowest BCUT2D eigenvalue weighted by atomic mass is 9.82. The van der Waals surface area contributed by atoms with E-state index >= 15 is 0 Å². The van der Waals surface area contributed by atoms with Crippen LogP contribution in [0.5, 0.6) is 0 Å². The van der Waals surface area contributed by atoms with Crippen molar-refractivity contribution in [3.05, 3.63) is 179 Å². The Labute approximate surface area is 303 Å². The topological polar surface area (TPSA) is 57.1 Å². The first kappa shape index (κ1) is 32.3. The highest BCUT2D eigenvalue weighted by Gasteiger charge is 2.46. The molecule has 1 aromatic heterocycles. The minimum Gasteiger partial charge on any atom is -0.475 e. The second-order valence-electron chi connectivity index (χ2n) is 13.8. The quantitative estimate of drug-likeness (QED) is 0.158. The molecule has 256 valence electrons. The van der Waals surface area contributed by atoms with Gasteiger partial charge in [0, 0.05) is 29.2 Å². The summed E-state index contributed by atoms with van der Waals surface area (Å²) in [5.74, 6) is 0.621. The average molecular weight is 700 g/mol. The van der Waals surface area contributed by atoms with E-state index in [1.54, 1.807) is 0 Å². The number of aliphatic imine (C=N–C) groups is 1. The summed E-state index contributed by atoms with van der Waals surface area (Å²) in [6.45, 7) is 4.59. The lowest BCUT2D eigenvalue weighted by molar-refractivity contribution is 0.0715. The molecule has 5 nitrogen and oxygen atoms in total. The van der Waals surface area contributed by atoms with Gasteiger partial charge in [-0.3, -0.25) is 4.52 Å². The highest BCUT2D eigenvalue weighted by molar-refractivity contribution is 7.31. The smallest absolute Gasteiger partial charge is 0.388 e. The Morgan fingerprint density at radius 2 is 1.10 bits per heavy atom. The van der Waals surface area contributed by atoms with Crippen molar-refractivity contribution >= 4 is 57.6 Å². The Morgan fingerprint density at radius 1 is 0.596 bits per heavy atom. The van der Waals surface area contributed by atoms with Crippen molar-refractivity contribution in [1.29, 1.82) is 0 Å². The van der Waals surface area contributed by atoms with Gasteiger partial charge in [-0.05, 0) is 70.8 Å². The number of benzene rings is 7. The van der Waals surface area contributed by atoms with Gasteiger partial charge >= 0.3 is 8.24 Å². The van der Waals surface area contributed by atoms with Gasteiger partial charge in [-0.25, -0.2) is 4.99 Å². The molecule has 0 spiro atoms. The van der Waals surface area contributed by atoms with Crippen molar-refractivity contribution in [2.45, 2.75) is 38.3 Å². The van der Waals surface area contributed by atoms with E-state index in [0.717, 1.165) is 60.2 Å². The minimum atomic E-state index is -1.98. The zero-order chi connectivity index (χ0) is 35.1. The van der Waals surface area contributed by atoms with Crippen LogP contribution in [0.25, 0.3) is 43.5 Å². The van der Waals surface area contributed by atoms with Crippen molar-refractivity contribution in [2.75, 3.05) is 6.61 Å². The van der Waals surface area contributed by atoms with Crippen LogP contribution in [0.2, 0.25) is 0 Å². The second-order valence-corrected chi connectivity index (χ2v) is 14.8. The van der Waals surface area contributed by atoms with Crippen LogP contribution in [-0.2, 0) is 17.6 Å². The van der Waals surface area contributed by atoms with E-state index < -0.39 is 13.8 Å². The zero-order valence-electron chi connectivity index (χ0n) is 29.2. The largest absolute Gasteiger partial charge is 0.475 e. The van der Waals surface area contributed by atoms with Crippen LogP contribution in [0.4, 0.5) is 0 Å². The molecule has 1 aliphatic rings. The molecule has 0 saturated heterocycles. The highest BCUT2D eigenvalue weighted by atomic mass is 31.1. The predicted molar refractivity (Wildman–Crippen MR) is 213 cm³/mol. The SMILES string of the molecule is Cc1ccc(CC(Cc2ccc(C)cc2)(Op2oc3ccc4ccccc4c3c3c(ccc4ccccc43)o2)[C@@H]2COC(c3ccccc3)=N2)cc1. The first-order valence-corrected chi connectivity index (χ1v) is 18.9. The lowest BCUT2D eigenvalue weighted by Gasteiger charge is -2.35. The summed E-state index contributed by atoms with van der Waals surface area (Å²) in [5.41, 5.74) is 6.20. The van der Waals surface area contributed by atoms with Gasteiger partial charge in [0.05, 0.1) is 0 Å². The van der Waals surface area contributed by atoms with E-state index in [1.165, 1.54) is 11.1 Å². The number of rotatable bonds is 8. The molecule has 0 saturated carbocycles. The van der Waals surface area contributed by atoms with E-state index in [9.17, 15) is 0 Å². The van der Waals surface area contributed by atoms with Crippen molar-refractivity contribution in [3.8, 4) is 0 Å². The van der Waals surface area contributed by atoms with Gasteiger partial charge in [0.1, 0.15) is 29.4 Å². The Morgan fingerprint density at radius 3 is 1.63 bits per heavy atom. The fourth-order valence-corrected chi connectivity index (χ4v) is 8.73. The van der Waals surface area contributed by atoms with E-state index in [4.69, 9.17) is 22.6 Å². The van der Waals surface area contributed by atoms with Crippen LogP contribution in [0.1, 0.15) is 27.8 Å². The third kappa shape index (κ3) is 6.17. The van der Waals surface area contributed by atoms with Gasteiger partial charge in [0.2, 0.25) is 5.90 Å². The Hall–Kier alpha value is -5.61. The summed E-state index contributed by atoms with van der Waals surface area (Å²) in [6, 6.07) is 52.4. The Bertz CT molecular complexity index is 2480. The van der Waals surface area contributed by atoms with Crippen LogP contribution in [-0.4, -0.2) is 24.1 Å². The van der Waals surface area contributed by atoms with Gasteiger partial charge in [0.25, 0.3) is 0 Å². The molecule has 0 radical (unpaired) electrons. The highest BCUT2D eigenvalue weighted by Crippen LogP contribution is 2.44. The fraction of sp³-hybridized carbons (Fsp3) is 0.152. The molecule has 9 rings (SSSR count). The summed E-state index contributed by atoms with van der Waals surface area (Å²) < 4.78 is 27.8. The molecular formula is C46H38NO4P.